The fourth-order valence-electron chi connectivity index (χ4n) is 2.21. The molecule has 21 heavy (non-hydrogen) atoms. The van der Waals surface area contributed by atoms with Crippen molar-refractivity contribution in [3.63, 3.8) is 0 Å². The Morgan fingerprint density at radius 1 is 1.43 bits per heavy atom. The Kier molecular flexibility index (Phi) is 6.11. The van der Waals surface area contributed by atoms with Crippen LogP contribution < -0.4 is 11.3 Å². The highest BCUT2D eigenvalue weighted by atomic mass is 35.5. The van der Waals surface area contributed by atoms with Crippen molar-refractivity contribution in [3.8, 4) is 0 Å². The lowest BCUT2D eigenvalue weighted by Gasteiger charge is -2.18. The maximum atomic E-state index is 6.28. The van der Waals surface area contributed by atoms with Crippen LogP contribution in [0, 0.1) is 6.92 Å². The first-order valence-electron chi connectivity index (χ1n) is 7.03. The van der Waals surface area contributed by atoms with Crippen molar-refractivity contribution in [2.45, 2.75) is 37.8 Å². The first kappa shape index (κ1) is 16.4. The van der Waals surface area contributed by atoms with Gasteiger partial charge in [-0.05, 0) is 25.0 Å². The predicted octanol–water partition coefficient (Wildman–Crippen LogP) is 3.55. The van der Waals surface area contributed by atoms with E-state index in [0.29, 0.717) is 5.02 Å². The number of rotatable bonds is 7. The van der Waals surface area contributed by atoms with Crippen LogP contribution >= 0.6 is 23.4 Å². The van der Waals surface area contributed by atoms with E-state index in [2.05, 4.69) is 42.6 Å². The molecule has 0 aliphatic carbocycles. The third kappa shape index (κ3) is 4.01. The quantitative estimate of drug-likeness (QED) is 0.464. The molecule has 1 unspecified atom stereocenters. The van der Waals surface area contributed by atoms with Gasteiger partial charge in [-0.25, -0.2) is 0 Å². The second kappa shape index (κ2) is 7.84. The summed E-state index contributed by atoms with van der Waals surface area (Å²) in [5.41, 5.74) is 5.10. The average molecular weight is 325 g/mol. The minimum Gasteiger partial charge on any atom is -0.271 e. The molecule has 2 aromatic rings. The van der Waals surface area contributed by atoms with E-state index < -0.39 is 0 Å². The van der Waals surface area contributed by atoms with Crippen molar-refractivity contribution >= 4 is 23.4 Å². The molecule has 0 saturated carbocycles. The summed E-state index contributed by atoms with van der Waals surface area (Å²) < 4.78 is 1.94. The molecule has 0 radical (unpaired) electrons. The minimum absolute atomic E-state index is 0.0313. The monoisotopic (exact) mass is 324 g/mol. The highest BCUT2D eigenvalue weighted by Crippen LogP contribution is 2.30. The predicted molar refractivity (Wildman–Crippen MR) is 89.5 cm³/mol. The summed E-state index contributed by atoms with van der Waals surface area (Å²) in [5, 5.41) is 4.99. The van der Waals surface area contributed by atoms with Gasteiger partial charge in [0.2, 0.25) is 0 Å². The molecular weight excluding hydrogens is 304 g/mol. The summed E-state index contributed by atoms with van der Waals surface area (Å²) in [6.07, 6.45) is 2.70. The molecule has 0 aliphatic rings. The molecule has 1 aromatic heterocycles. The van der Waals surface area contributed by atoms with Crippen LogP contribution in [0.15, 0.2) is 35.4 Å². The van der Waals surface area contributed by atoms with Gasteiger partial charge in [0.05, 0.1) is 23.0 Å². The lowest BCUT2D eigenvalue weighted by atomic mass is 10.2. The number of aryl methyl sites for hydroxylation is 2. The van der Waals surface area contributed by atoms with E-state index >= 15 is 0 Å². The molecule has 0 fully saturated rings. The molecule has 4 nitrogen and oxygen atoms in total. The van der Waals surface area contributed by atoms with Gasteiger partial charge in [-0.3, -0.25) is 16.0 Å². The van der Waals surface area contributed by atoms with Crippen LogP contribution in [-0.4, -0.2) is 15.5 Å². The second-order valence-corrected chi connectivity index (χ2v) is 6.37. The number of nitrogens with two attached hydrogens (primary N) is 1. The van der Waals surface area contributed by atoms with Crippen LogP contribution in [0.5, 0.6) is 0 Å². The summed E-state index contributed by atoms with van der Waals surface area (Å²) >= 11 is 8.05. The maximum absolute atomic E-state index is 6.28. The number of thioether (sulfide) groups is 1. The zero-order valence-electron chi connectivity index (χ0n) is 12.3. The van der Waals surface area contributed by atoms with Gasteiger partial charge in [-0.2, -0.15) is 5.10 Å². The average Bonchev–Trinajstić information content (AvgIpc) is 2.84. The number of benzene rings is 1. The van der Waals surface area contributed by atoms with Gasteiger partial charge in [-0.15, -0.1) is 11.8 Å². The number of nitrogens with zero attached hydrogens (tertiary/aromatic N) is 2. The van der Waals surface area contributed by atoms with Crippen molar-refractivity contribution < 1.29 is 0 Å². The van der Waals surface area contributed by atoms with Gasteiger partial charge in [0.15, 0.2) is 0 Å². The molecule has 3 N–H and O–H groups in total. The molecule has 1 aromatic carbocycles. The molecule has 0 aliphatic heterocycles. The van der Waals surface area contributed by atoms with E-state index in [1.54, 1.807) is 18.0 Å². The first-order valence-corrected chi connectivity index (χ1v) is 8.39. The lowest BCUT2D eigenvalue weighted by molar-refractivity contribution is 0.509. The van der Waals surface area contributed by atoms with Crippen molar-refractivity contribution in [2.75, 3.05) is 5.75 Å². The smallest absolute Gasteiger partial charge is 0.0834 e. The van der Waals surface area contributed by atoms with E-state index in [1.165, 1.54) is 10.5 Å². The van der Waals surface area contributed by atoms with Gasteiger partial charge in [0, 0.05) is 17.2 Å². The van der Waals surface area contributed by atoms with Crippen molar-refractivity contribution in [2.24, 2.45) is 5.84 Å². The number of aromatic nitrogens is 2. The summed E-state index contributed by atoms with van der Waals surface area (Å²) in [6, 6.07) is 8.30. The van der Waals surface area contributed by atoms with Crippen molar-refractivity contribution in [3.05, 3.63) is 46.7 Å². The molecule has 2 rings (SSSR count). The Morgan fingerprint density at radius 2 is 2.19 bits per heavy atom. The van der Waals surface area contributed by atoms with Crippen LogP contribution in [-0.2, 0) is 6.54 Å². The van der Waals surface area contributed by atoms with Crippen molar-refractivity contribution in [1.29, 1.82) is 0 Å². The third-order valence-corrected chi connectivity index (χ3v) is 4.86. The molecule has 0 saturated heterocycles. The fraction of sp³-hybridized carbons (Fsp3) is 0.400. The number of nitrogens with one attached hydrogen (secondary N) is 1. The normalized spacial score (nSPS) is 12.6. The van der Waals surface area contributed by atoms with Gasteiger partial charge in [-0.1, -0.05) is 36.7 Å². The number of halogens is 1. The molecule has 1 atom stereocenters. The number of hydrogen-bond donors (Lipinski definition) is 2. The van der Waals surface area contributed by atoms with Crippen LogP contribution in [0.25, 0.3) is 0 Å². The van der Waals surface area contributed by atoms with E-state index in [0.717, 1.165) is 24.4 Å². The standard InChI is InChI=1S/C15H21ClN4S/c1-3-8-20-15(12(16)9-18-20)13(19-17)10-21-14-7-5-4-6-11(14)2/h4-7,9,13,19H,3,8,10,17H2,1-2H3. The Labute approximate surface area is 135 Å². The van der Waals surface area contributed by atoms with Gasteiger partial charge >= 0.3 is 0 Å². The topological polar surface area (TPSA) is 55.9 Å². The number of hydrogen-bond acceptors (Lipinski definition) is 4. The molecule has 0 spiro atoms. The minimum atomic E-state index is -0.0313. The SMILES string of the molecule is CCCn1ncc(Cl)c1C(CSc1ccccc1C)NN. The molecular formula is C15H21ClN4S. The van der Waals surface area contributed by atoms with Crippen molar-refractivity contribution in [1.82, 2.24) is 15.2 Å². The second-order valence-electron chi connectivity index (χ2n) is 4.90. The molecule has 1 heterocycles. The third-order valence-electron chi connectivity index (χ3n) is 3.30. The van der Waals surface area contributed by atoms with Gasteiger partial charge < -0.3 is 0 Å². The van der Waals surface area contributed by atoms with E-state index in [1.807, 2.05) is 10.7 Å². The van der Waals surface area contributed by atoms with Crippen LogP contribution in [0.2, 0.25) is 5.02 Å². The van der Waals surface area contributed by atoms with E-state index in [4.69, 9.17) is 17.4 Å². The zero-order chi connectivity index (χ0) is 15.2. The molecule has 114 valence electrons. The van der Waals surface area contributed by atoms with Crippen LogP contribution in [0.4, 0.5) is 0 Å². The first-order chi connectivity index (χ1) is 10.2. The maximum Gasteiger partial charge on any atom is 0.0834 e. The summed E-state index contributed by atoms with van der Waals surface area (Å²) in [5.74, 6) is 6.54. The van der Waals surface area contributed by atoms with Gasteiger partial charge in [0.25, 0.3) is 0 Å². The van der Waals surface area contributed by atoms with Crippen LogP contribution in [0.1, 0.15) is 30.6 Å². The fourth-order valence-corrected chi connectivity index (χ4v) is 3.55. The summed E-state index contributed by atoms with van der Waals surface area (Å²) in [6.45, 7) is 5.07. The Bertz CT molecular complexity index is 585. The Hall–Kier alpha value is -1.01. The molecule has 6 heteroatoms. The summed E-state index contributed by atoms with van der Waals surface area (Å²) in [4.78, 5) is 1.26. The Balaban J connectivity index is 2.13. The molecule has 0 bridgehead atoms. The summed E-state index contributed by atoms with van der Waals surface area (Å²) in [7, 11) is 0. The highest BCUT2D eigenvalue weighted by Gasteiger charge is 2.19. The zero-order valence-corrected chi connectivity index (χ0v) is 13.9. The molecule has 0 amide bonds. The van der Waals surface area contributed by atoms with Crippen LogP contribution in [0.3, 0.4) is 0 Å². The largest absolute Gasteiger partial charge is 0.271 e. The number of hydrazine groups is 1. The highest BCUT2D eigenvalue weighted by molar-refractivity contribution is 7.99. The van der Waals surface area contributed by atoms with E-state index in [9.17, 15) is 0 Å². The van der Waals surface area contributed by atoms with E-state index in [-0.39, 0.29) is 6.04 Å². The lowest BCUT2D eigenvalue weighted by Crippen LogP contribution is -2.31. The van der Waals surface area contributed by atoms with Gasteiger partial charge in [0.1, 0.15) is 0 Å². The Morgan fingerprint density at radius 3 is 2.86 bits per heavy atom.